The van der Waals surface area contributed by atoms with Gasteiger partial charge in [0.15, 0.2) is 0 Å². The Balaban J connectivity index is 1.32. The first-order valence-electron chi connectivity index (χ1n) is 12.2. The molecule has 3 heterocycles. The SMILES string of the molecule is NC(=O)C1(Nc2ccccc2)CCN(C(=O)c2cnc3c(c2)N(Cc2cc(Cl)ccc2Cl)CCN3)CC1. The summed E-state index contributed by atoms with van der Waals surface area (Å²) in [5.41, 5.74) is 7.97. The van der Waals surface area contributed by atoms with Crippen molar-refractivity contribution >= 4 is 52.2 Å². The fraction of sp³-hybridized carbons (Fsp3) is 0.296. The Morgan fingerprint density at radius 3 is 2.54 bits per heavy atom. The van der Waals surface area contributed by atoms with Gasteiger partial charge in [-0.3, -0.25) is 9.59 Å². The molecule has 0 radical (unpaired) electrons. The first-order chi connectivity index (χ1) is 17.8. The van der Waals surface area contributed by atoms with Crippen molar-refractivity contribution in [2.45, 2.75) is 24.9 Å². The van der Waals surface area contributed by atoms with Gasteiger partial charge in [-0.05, 0) is 54.8 Å². The van der Waals surface area contributed by atoms with Crippen LogP contribution < -0.4 is 21.3 Å². The summed E-state index contributed by atoms with van der Waals surface area (Å²) in [5, 5.41) is 7.87. The summed E-state index contributed by atoms with van der Waals surface area (Å²) in [6.07, 6.45) is 2.44. The monoisotopic (exact) mass is 538 g/mol. The number of pyridine rings is 1. The molecule has 2 aliphatic rings. The van der Waals surface area contributed by atoms with E-state index in [2.05, 4.69) is 20.5 Å². The number of nitrogens with two attached hydrogens (primary N) is 1. The first kappa shape index (κ1) is 25.2. The second-order valence-electron chi connectivity index (χ2n) is 9.41. The molecular formula is C27H28Cl2N6O2. The Bertz CT molecular complexity index is 1310. The maximum atomic E-state index is 13.5. The van der Waals surface area contributed by atoms with Crippen LogP contribution in [0.15, 0.2) is 60.8 Å². The van der Waals surface area contributed by atoms with Crippen LogP contribution in [0.1, 0.15) is 28.8 Å². The summed E-state index contributed by atoms with van der Waals surface area (Å²) >= 11 is 12.6. The van der Waals surface area contributed by atoms with Crippen molar-refractivity contribution in [3.8, 4) is 0 Å². The molecule has 0 unspecified atom stereocenters. The van der Waals surface area contributed by atoms with Crippen molar-refractivity contribution in [2.24, 2.45) is 5.73 Å². The maximum Gasteiger partial charge on any atom is 0.255 e. The van der Waals surface area contributed by atoms with Crippen LogP contribution in [0.4, 0.5) is 17.2 Å². The number of nitrogens with one attached hydrogen (secondary N) is 2. The average Bonchev–Trinajstić information content (AvgIpc) is 2.91. The van der Waals surface area contributed by atoms with Crippen LogP contribution in [0.2, 0.25) is 10.0 Å². The lowest BCUT2D eigenvalue weighted by atomic mass is 9.86. The van der Waals surface area contributed by atoms with Gasteiger partial charge in [0.1, 0.15) is 11.4 Å². The van der Waals surface area contributed by atoms with E-state index in [1.54, 1.807) is 23.2 Å². The lowest BCUT2D eigenvalue weighted by molar-refractivity contribution is -0.123. The zero-order chi connectivity index (χ0) is 26.0. The van der Waals surface area contributed by atoms with E-state index in [0.29, 0.717) is 48.1 Å². The van der Waals surface area contributed by atoms with Crippen molar-refractivity contribution in [3.05, 3.63) is 82.0 Å². The molecule has 0 bridgehead atoms. The summed E-state index contributed by atoms with van der Waals surface area (Å²) in [4.78, 5) is 34.3. The van der Waals surface area contributed by atoms with Crippen LogP contribution in [0.25, 0.3) is 0 Å². The Morgan fingerprint density at radius 2 is 1.81 bits per heavy atom. The summed E-state index contributed by atoms with van der Waals surface area (Å²) in [6.45, 7) is 2.80. The number of carbonyl (C=O) groups is 2. The van der Waals surface area contributed by atoms with Crippen LogP contribution in [-0.2, 0) is 11.3 Å². The highest BCUT2D eigenvalue weighted by Gasteiger charge is 2.41. The van der Waals surface area contributed by atoms with Crippen molar-refractivity contribution < 1.29 is 9.59 Å². The quantitative estimate of drug-likeness (QED) is 0.430. The summed E-state index contributed by atoms with van der Waals surface area (Å²) in [6, 6.07) is 16.8. The lowest BCUT2D eigenvalue weighted by Gasteiger charge is -2.41. The summed E-state index contributed by atoms with van der Waals surface area (Å²) < 4.78 is 0. The predicted octanol–water partition coefficient (Wildman–Crippen LogP) is 4.39. The van der Waals surface area contributed by atoms with Gasteiger partial charge in [-0.2, -0.15) is 0 Å². The topological polar surface area (TPSA) is 104 Å². The van der Waals surface area contributed by atoms with E-state index in [4.69, 9.17) is 28.9 Å². The number of rotatable bonds is 6. The third-order valence-corrected chi connectivity index (χ3v) is 7.64. The Labute approximate surface area is 225 Å². The molecule has 37 heavy (non-hydrogen) atoms. The molecule has 5 rings (SSSR count). The number of piperidine rings is 1. The molecule has 2 aliphatic heterocycles. The Hall–Kier alpha value is -3.49. The first-order valence-corrected chi connectivity index (χ1v) is 13.0. The molecule has 10 heteroatoms. The highest BCUT2D eigenvalue weighted by molar-refractivity contribution is 6.33. The van der Waals surface area contributed by atoms with Gasteiger partial charge in [0.05, 0.1) is 11.3 Å². The molecule has 8 nitrogen and oxygen atoms in total. The van der Waals surface area contributed by atoms with Gasteiger partial charge in [-0.25, -0.2) is 4.98 Å². The molecule has 0 aliphatic carbocycles. The van der Waals surface area contributed by atoms with E-state index >= 15 is 0 Å². The number of hydrogen-bond donors (Lipinski definition) is 3. The number of fused-ring (bicyclic) bond motifs is 1. The Kier molecular flexibility index (Phi) is 7.13. The molecule has 2 amide bonds. The Morgan fingerprint density at radius 1 is 1.05 bits per heavy atom. The molecule has 0 spiro atoms. The van der Waals surface area contributed by atoms with Gasteiger partial charge in [0, 0.05) is 54.7 Å². The third-order valence-electron chi connectivity index (χ3n) is 7.03. The number of benzene rings is 2. The van der Waals surface area contributed by atoms with Gasteiger partial charge >= 0.3 is 0 Å². The van der Waals surface area contributed by atoms with Crippen molar-refractivity contribution in [2.75, 3.05) is 41.7 Å². The number of nitrogens with zero attached hydrogens (tertiary/aromatic N) is 3. The van der Waals surface area contributed by atoms with E-state index in [1.165, 1.54) is 0 Å². The third kappa shape index (κ3) is 5.31. The average molecular weight is 539 g/mol. The highest BCUT2D eigenvalue weighted by Crippen LogP contribution is 2.33. The van der Waals surface area contributed by atoms with Crippen LogP contribution >= 0.6 is 23.2 Å². The summed E-state index contributed by atoms with van der Waals surface area (Å²) in [7, 11) is 0. The van der Waals surface area contributed by atoms with E-state index in [-0.39, 0.29) is 5.91 Å². The zero-order valence-corrected chi connectivity index (χ0v) is 21.7. The smallest absolute Gasteiger partial charge is 0.255 e. The second kappa shape index (κ2) is 10.5. The van der Waals surface area contributed by atoms with E-state index in [9.17, 15) is 9.59 Å². The largest absolute Gasteiger partial charge is 0.371 e. The lowest BCUT2D eigenvalue weighted by Crippen LogP contribution is -2.57. The number of hydrogen-bond acceptors (Lipinski definition) is 6. The van der Waals surface area contributed by atoms with E-state index < -0.39 is 11.4 Å². The van der Waals surface area contributed by atoms with E-state index in [1.807, 2.05) is 42.5 Å². The van der Waals surface area contributed by atoms with E-state index in [0.717, 1.165) is 35.8 Å². The molecule has 3 aromatic rings. The molecule has 1 fully saturated rings. The molecular weight excluding hydrogens is 511 g/mol. The normalized spacial score (nSPS) is 16.5. The number of likely N-dealkylation sites (tertiary alicyclic amines) is 1. The number of halogens is 2. The molecule has 2 aromatic carbocycles. The minimum atomic E-state index is -0.900. The molecule has 0 saturated carbocycles. The number of anilines is 3. The van der Waals surface area contributed by atoms with Crippen molar-refractivity contribution in [1.82, 2.24) is 9.88 Å². The van der Waals surface area contributed by atoms with Crippen molar-refractivity contribution in [1.29, 1.82) is 0 Å². The van der Waals surface area contributed by atoms with Gasteiger partial charge in [0.25, 0.3) is 5.91 Å². The van der Waals surface area contributed by atoms with Gasteiger partial charge in [-0.1, -0.05) is 41.4 Å². The fourth-order valence-corrected chi connectivity index (χ4v) is 5.29. The molecule has 4 N–H and O–H groups in total. The maximum absolute atomic E-state index is 13.5. The fourth-order valence-electron chi connectivity index (χ4n) is 4.92. The molecule has 192 valence electrons. The van der Waals surface area contributed by atoms with Gasteiger partial charge in [0.2, 0.25) is 5.91 Å². The molecule has 1 aromatic heterocycles. The number of primary amides is 1. The minimum Gasteiger partial charge on any atom is -0.371 e. The number of para-hydroxylation sites is 1. The molecule has 1 saturated heterocycles. The summed E-state index contributed by atoms with van der Waals surface area (Å²) in [5.74, 6) is 0.180. The van der Waals surface area contributed by atoms with Crippen LogP contribution in [0.3, 0.4) is 0 Å². The van der Waals surface area contributed by atoms with Crippen molar-refractivity contribution in [3.63, 3.8) is 0 Å². The van der Waals surface area contributed by atoms with Crippen LogP contribution in [-0.4, -0.2) is 53.4 Å². The zero-order valence-electron chi connectivity index (χ0n) is 20.2. The van der Waals surface area contributed by atoms with Gasteiger partial charge < -0.3 is 26.2 Å². The highest BCUT2D eigenvalue weighted by atomic mass is 35.5. The minimum absolute atomic E-state index is 0.126. The molecule has 0 atom stereocenters. The predicted molar refractivity (Wildman–Crippen MR) is 147 cm³/mol. The van der Waals surface area contributed by atoms with Gasteiger partial charge in [-0.15, -0.1) is 0 Å². The number of amides is 2. The second-order valence-corrected chi connectivity index (χ2v) is 10.2. The number of aromatic nitrogens is 1. The van der Waals surface area contributed by atoms with Crippen LogP contribution in [0, 0.1) is 0 Å². The standard InChI is InChI=1S/C27H28Cl2N6O2/c28-20-6-7-22(29)19(14-20)17-35-13-10-31-24-23(35)15-18(16-32-24)25(36)34-11-8-27(9-12-34,26(30)37)33-21-4-2-1-3-5-21/h1-7,14-16,33H,8-13,17H2,(H2,30,37)(H,31,32). The number of carbonyl (C=O) groups excluding carboxylic acids is 2. The van der Waals surface area contributed by atoms with Crippen LogP contribution in [0.5, 0.6) is 0 Å².